The van der Waals surface area contributed by atoms with Gasteiger partial charge in [-0.25, -0.2) is 9.97 Å². The number of hydrogen-bond donors (Lipinski definition) is 0. The first kappa shape index (κ1) is 22.3. The minimum Gasteiger partial charge on any atom is -0.379 e. The highest BCUT2D eigenvalue weighted by Crippen LogP contribution is 2.34. The summed E-state index contributed by atoms with van der Waals surface area (Å²) >= 11 is 0. The molecule has 0 unspecified atom stereocenters. The fourth-order valence-corrected chi connectivity index (χ4v) is 5.36. The first-order valence-corrected chi connectivity index (χ1v) is 12.4. The molecule has 3 aliphatic heterocycles. The SMILES string of the molecule is Cc1nc([C@@H]2CCCN2C(=O)CN2CCOCC2)nc2c1CCCN2CCc1ccccc1. The zero-order chi connectivity index (χ0) is 22.6. The lowest BCUT2D eigenvalue weighted by atomic mass is 10.0. The van der Waals surface area contributed by atoms with E-state index < -0.39 is 0 Å². The van der Waals surface area contributed by atoms with Gasteiger partial charge in [0.1, 0.15) is 5.82 Å². The van der Waals surface area contributed by atoms with Crippen molar-refractivity contribution in [2.24, 2.45) is 0 Å². The Morgan fingerprint density at radius 2 is 1.88 bits per heavy atom. The number of benzene rings is 1. The van der Waals surface area contributed by atoms with Crippen LogP contribution in [0.2, 0.25) is 0 Å². The third kappa shape index (κ3) is 5.04. The molecule has 0 aliphatic carbocycles. The van der Waals surface area contributed by atoms with Gasteiger partial charge in [-0.3, -0.25) is 9.69 Å². The van der Waals surface area contributed by atoms with E-state index in [-0.39, 0.29) is 11.9 Å². The second kappa shape index (κ2) is 10.2. The molecular weight excluding hydrogens is 414 g/mol. The molecule has 1 aromatic carbocycles. The molecule has 1 atom stereocenters. The summed E-state index contributed by atoms with van der Waals surface area (Å²) in [5, 5.41) is 0. The van der Waals surface area contributed by atoms with Gasteiger partial charge in [0.25, 0.3) is 0 Å². The van der Waals surface area contributed by atoms with Crippen LogP contribution in [0, 0.1) is 6.92 Å². The topological polar surface area (TPSA) is 61.8 Å². The number of hydrogen-bond acceptors (Lipinski definition) is 6. The molecular formula is C26H35N5O2. The first-order chi connectivity index (χ1) is 16.2. The number of likely N-dealkylation sites (tertiary alicyclic amines) is 1. The van der Waals surface area contributed by atoms with Crippen LogP contribution in [0.4, 0.5) is 5.82 Å². The molecule has 2 aromatic rings. The predicted octanol–water partition coefficient (Wildman–Crippen LogP) is 2.78. The molecule has 5 rings (SSSR count). The Morgan fingerprint density at radius 1 is 1.06 bits per heavy atom. The lowest BCUT2D eigenvalue weighted by molar-refractivity contribution is -0.134. The fourth-order valence-electron chi connectivity index (χ4n) is 5.36. The Hall–Kier alpha value is -2.51. The minimum absolute atomic E-state index is 0.0135. The molecule has 4 heterocycles. The molecule has 2 saturated heterocycles. The molecule has 2 fully saturated rings. The Morgan fingerprint density at radius 3 is 2.70 bits per heavy atom. The molecule has 3 aliphatic rings. The molecule has 7 nitrogen and oxygen atoms in total. The van der Waals surface area contributed by atoms with E-state index in [4.69, 9.17) is 14.7 Å². The molecule has 0 spiro atoms. The molecule has 33 heavy (non-hydrogen) atoms. The van der Waals surface area contributed by atoms with Crippen molar-refractivity contribution in [1.82, 2.24) is 19.8 Å². The van der Waals surface area contributed by atoms with Crippen molar-refractivity contribution >= 4 is 11.7 Å². The number of ether oxygens (including phenoxy) is 1. The number of anilines is 1. The van der Waals surface area contributed by atoms with E-state index in [0.717, 1.165) is 82.2 Å². The van der Waals surface area contributed by atoms with Gasteiger partial charge >= 0.3 is 0 Å². The van der Waals surface area contributed by atoms with Gasteiger partial charge in [-0.15, -0.1) is 0 Å². The van der Waals surface area contributed by atoms with E-state index in [1.807, 2.05) is 4.90 Å². The standard InChI is InChI=1S/C26H35N5O2/c1-20-22-9-5-12-30(14-11-21-7-3-2-4-8-21)26(22)28-25(27-20)23-10-6-13-31(23)24(32)19-29-15-17-33-18-16-29/h2-4,7-8,23H,5-6,9-19H2,1H3/t23-/m0/s1. The fraction of sp³-hybridized carbons (Fsp3) is 0.577. The van der Waals surface area contributed by atoms with Crippen molar-refractivity contribution < 1.29 is 9.53 Å². The number of carbonyl (C=O) groups is 1. The summed E-state index contributed by atoms with van der Waals surface area (Å²) in [6.07, 6.45) is 5.13. The summed E-state index contributed by atoms with van der Waals surface area (Å²) in [6.45, 7) is 8.43. The molecule has 1 aromatic heterocycles. The van der Waals surface area contributed by atoms with E-state index in [9.17, 15) is 4.79 Å². The number of nitrogens with zero attached hydrogens (tertiary/aromatic N) is 5. The van der Waals surface area contributed by atoms with Crippen LogP contribution in [0.3, 0.4) is 0 Å². The van der Waals surface area contributed by atoms with Crippen molar-refractivity contribution in [1.29, 1.82) is 0 Å². The first-order valence-electron chi connectivity index (χ1n) is 12.4. The second-order valence-electron chi connectivity index (χ2n) is 9.43. The highest BCUT2D eigenvalue weighted by atomic mass is 16.5. The molecule has 0 radical (unpaired) electrons. The molecule has 0 saturated carbocycles. The Labute approximate surface area is 196 Å². The average Bonchev–Trinajstić information content (AvgIpc) is 3.34. The second-order valence-corrected chi connectivity index (χ2v) is 9.43. The molecule has 1 amide bonds. The van der Waals surface area contributed by atoms with Crippen LogP contribution < -0.4 is 4.90 Å². The molecule has 0 N–H and O–H groups in total. The van der Waals surface area contributed by atoms with Crippen molar-refractivity contribution in [3.8, 4) is 0 Å². The van der Waals surface area contributed by atoms with Crippen LogP contribution in [0.1, 0.15) is 47.9 Å². The van der Waals surface area contributed by atoms with Crippen molar-refractivity contribution in [3.05, 3.63) is 53.0 Å². The number of fused-ring (bicyclic) bond motifs is 1. The summed E-state index contributed by atoms with van der Waals surface area (Å²) in [7, 11) is 0. The number of amides is 1. The van der Waals surface area contributed by atoms with Gasteiger partial charge in [-0.05, 0) is 44.6 Å². The van der Waals surface area contributed by atoms with Gasteiger partial charge in [0.15, 0.2) is 5.82 Å². The van der Waals surface area contributed by atoms with E-state index in [1.54, 1.807) is 0 Å². The van der Waals surface area contributed by atoms with Gasteiger partial charge in [-0.2, -0.15) is 0 Å². The summed E-state index contributed by atoms with van der Waals surface area (Å²) < 4.78 is 5.43. The van der Waals surface area contributed by atoms with Crippen LogP contribution in [-0.2, 0) is 22.4 Å². The zero-order valence-corrected chi connectivity index (χ0v) is 19.7. The highest BCUT2D eigenvalue weighted by Gasteiger charge is 2.34. The quantitative estimate of drug-likeness (QED) is 0.676. The number of morpholine rings is 1. The summed E-state index contributed by atoms with van der Waals surface area (Å²) in [5.74, 6) is 2.11. The average molecular weight is 450 g/mol. The Balaban J connectivity index is 1.34. The Bertz CT molecular complexity index is 961. The van der Waals surface area contributed by atoms with Gasteiger partial charge in [0.05, 0.1) is 25.8 Å². The maximum atomic E-state index is 13.2. The van der Waals surface area contributed by atoms with Crippen LogP contribution in [0.25, 0.3) is 0 Å². The van der Waals surface area contributed by atoms with Crippen molar-refractivity contribution in [3.63, 3.8) is 0 Å². The lowest BCUT2D eigenvalue weighted by Crippen LogP contribution is -2.44. The predicted molar refractivity (Wildman–Crippen MR) is 128 cm³/mol. The van der Waals surface area contributed by atoms with Crippen LogP contribution in [0.15, 0.2) is 30.3 Å². The van der Waals surface area contributed by atoms with E-state index >= 15 is 0 Å². The largest absolute Gasteiger partial charge is 0.379 e. The summed E-state index contributed by atoms with van der Waals surface area (Å²) in [6, 6.07) is 10.6. The van der Waals surface area contributed by atoms with Crippen LogP contribution >= 0.6 is 0 Å². The number of aromatic nitrogens is 2. The van der Waals surface area contributed by atoms with Crippen LogP contribution in [-0.4, -0.2) is 78.2 Å². The summed E-state index contributed by atoms with van der Waals surface area (Å²) in [4.78, 5) is 29.9. The van der Waals surface area contributed by atoms with Crippen molar-refractivity contribution in [2.75, 3.05) is 57.4 Å². The number of rotatable bonds is 6. The smallest absolute Gasteiger partial charge is 0.237 e. The summed E-state index contributed by atoms with van der Waals surface area (Å²) in [5.41, 5.74) is 3.71. The maximum absolute atomic E-state index is 13.2. The normalized spacial score (nSPS) is 21.3. The Kier molecular flexibility index (Phi) is 6.88. The monoisotopic (exact) mass is 449 g/mol. The lowest BCUT2D eigenvalue weighted by Gasteiger charge is -2.33. The van der Waals surface area contributed by atoms with E-state index in [0.29, 0.717) is 19.8 Å². The maximum Gasteiger partial charge on any atom is 0.237 e. The van der Waals surface area contributed by atoms with Crippen LogP contribution in [0.5, 0.6) is 0 Å². The molecule has 0 bridgehead atoms. The van der Waals surface area contributed by atoms with E-state index in [2.05, 4.69) is 47.1 Å². The van der Waals surface area contributed by atoms with Gasteiger partial charge in [0.2, 0.25) is 5.91 Å². The highest BCUT2D eigenvalue weighted by molar-refractivity contribution is 5.79. The molecule has 7 heteroatoms. The van der Waals surface area contributed by atoms with E-state index in [1.165, 1.54) is 11.1 Å². The third-order valence-corrected chi connectivity index (χ3v) is 7.21. The minimum atomic E-state index is -0.0135. The van der Waals surface area contributed by atoms with Crippen molar-refractivity contribution in [2.45, 2.75) is 45.1 Å². The number of carbonyl (C=O) groups excluding carboxylic acids is 1. The third-order valence-electron chi connectivity index (χ3n) is 7.21. The van der Waals surface area contributed by atoms with Gasteiger partial charge in [0, 0.05) is 44.0 Å². The van der Waals surface area contributed by atoms with Gasteiger partial charge in [-0.1, -0.05) is 30.3 Å². The molecule has 176 valence electrons. The number of aryl methyl sites for hydroxylation is 1. The van der Waals surface area contributed by atoms with Gasteiger partial charge < -0.3 is 14.5 Å². The zero-order valence-electron chi connectivity index (χ0n) is 19.7.